The number of halogens is 2. The Morgan fingerprint density at radius 3 is 3.00 bits per heavy atom. The number of imidazole rings is 1. The summed E-state index contributed by atoms with van der Waals surface area (Å²) in [6.07, 6.45) is 1.66. The van der Waals surface area contributed by atoms with Crippen LogP contribution < -0.4 is 4.90 Å². The molecule has 0 aliphatic carbocycles. The molecular weight excluding hydrogens is 393 g/mol. The molecule has 0 spiro atoms. The van der Waals surface area contributed by atoms with Gasteiger partial charge in [-0.3, -0.25) is 4.79 Å². The highest BCUT2D eigenvalue weighted by molar-refractivity contribution is 9.10. The zero-order chi connectivity index (χ0) is 16.8. The number of amides is 1. The van der Waals surface area contributed by atoms with E-state index in [9.17, 15) is 9.18 Å². The number of hydrogen-bond donors (Lipinski definition) is 0. The minimum atomic E-state index is -0.352. The Hall–Kier alpha value is -1.86. The molecule has 122 valence electrons. The summed E-state index contributed by atoms with van der Waals surface area (Å²) < 4.78 is 15.9. The summed E-state index contributed by atoms with van der Waals surface area (Å²) in [5, 5.41) is 0. The highest BCUT2D eigenvalue weighted by Crippen LogP contribution is 2.36. The molecule has 4 rings (SSSR count). The van der Waals surface area contributed by atoms with Gasteiger partial charge < -0.3 is 9.30 Å². The molecule has 1 aliphatic rings. The van der Waals surface area contributed by atoms with Crippen LogP contribution in [0.5, 0.6) is 0 Å². The molecule has 1 aliphatic heterocycles. The molecule has 0 saturated carbocycles. The van der Waals surface area contributed by atoms with E-state index in [2.05, 4.69) is 20.9 Å². The molecule has 1 aromatic carbocycles. The maximum atomic E-state index is 13.7. The van der Waals surface area contributed by atoms with E-state index in [0.717, 1.165) is 22.0 Å². The standard InChI is InChI=1S/C17H13BrFN3OS/c1-10-14(21-7-11(18)12(19)6-16(21)20-10)8-22-13-4-2-3-5-15(13)24-9-17(22)23/h2-7H,8-9H2,1H3. The average Bonchev–Trinajstić information content (AvgIpc) is 2.85. The largest absolute Gasteiger partial charge is 0.305 e. The normalized spacial score (nSPS) is 14.3. The fourth-order valence-electron chi connectivity index (χ4n) is 2.87. The summed E-state index contributed by atoms with van der Waals surface area (Å²) in [6.45, 7) is 2.28. The van der Waals surface area contributed by atoms with E-state index >= 15 is 0 Å². The number of fused-ring (bicyclic) bond motifs is 2. The fraction of sp³-hybridized carbons (Fsp3) is 0.176. The molecular formula is C17H13BrFN3OS. The van der Waals surface area contributed by atoms with Crippen LogP contribution in [0.4, 0.5) is 10.1 Å². The van der Waals surface area contributed by atoms with Crippen LogP contribution in [-0.4, -0.2) is 21.0 Å². The molecule has 7 heteroatoms. The van der Waals surface area contributed by atoms with Crippen molar-refractivity contribution < 1.29 is 9.18 Å². The zero-order valence-electron chi connectivity index (χ0n) is 12.8. The summed E-state index contributed by atoms with van der Waals surface area (Å²) >= 11 is 4.77. The number of aryl methyl sites for hydroxylation is 1. The molecule has 0 unspecified atom stereocenters. The van der Waals surface area contributed by atoms with Gasteiger partial charge in [0, 0.05) is 17.2 Å². The average molecular weight is 406 g/mol. The van der Waals surface area contributed by atoms with E-state index in [-0.39, 0.29) is 11.7 Å². The molecule has 0 fully saturated rings. The third-order valence-electron chi connectivity index (χ3n) is 4.08. The first-order chi connectivity index (χ1) is 11.5. The van der Waals surface area contributed by atoms with Gasteiger partial charge >= 0.3 is 0 Å². The first-order valence-corrected chi connectivity index (χ1v) is 9.17. The van der Waals surface area contributed by atoms with Crippen LogP contribution in [0.3, 0.4) is 0 Å². The van der Waals surface area contributed by atoms with Gasteiger partial charge in [-0.05, 0) is 35.0 Å². The summed E-state index contributed by atoms with van der Waals surface area (Å²) in [6, 6.07) is 9.26. The van der Waals surface area contributed by atoms with Gasteiger partial charge in [-0.15, -0.1) is 11.8 Å². The summed E-state index contributed by atoms with van der Waals surface area (Å²) in [7, 11) is 0. The highest BCUT2D eigenvalue weighted by Gasteiger charge is 2.26. The van der Waals surface area contributed by atoms with E-state index in [1.165, 1.54) is 6.07 Å². The molecule has 0 saturated heterocycles. The minimum absolute atomic E-state index is 0.0641. The quantitative estimate of drug-likeness (QED) is 0.641. The molecule has 24 heavy (non-hydrogen) atoms. The fourth-order valence-corrected chi connectivity index (χ4v) is 4.13. The number of aromatic nitrogens is 2. The first-order valence-electron chi connectivity index (χ1n) is 7.39. The number of nitrogens with zero attached hydrogens (tertiary/aromatic N) is 3. The molecule has 0 radical (unpaired) electrons. The smallest absolute Gasteiger partial charge is 0.237 e. The molecule has 3 aromatic rings. The number of para-hydroxylation sites is 1. The van der Waals surface area contributed by atoms with Crippen molar-refractivity contribution in [1.29, 1.82) is 0 Å². The lowest BCUT2D eigenvalue weighted by Crippen LogP contribution is -2.35. The van der Waals surface area contributed by atoms with Crippen LogP contribution in [-0.2, 0) is 11.3 Å². The second-order valence-electron chi connectivity index (χ2n) is 5.58. The minimum Gasteiger partial charge on any atom is -0.305 e. The summed E-state index contributed by atoms with van der Waals surface area (Å²) in [5.41, 5.74) is 3.11. The Balaban J connectivity index is 1.81. The van der Waals surface area contributed by atoms with E-state index in [1.807, 2.05) is 35.6 Å². The van der Waals surface area contributed by atoms with Gasteiger partial charge in [0.05, 0.1) is 33.8 Å². The van der Waals surface area contributed by atoms with Crippen molar-refractivity contribution in [1.82, 2.24) is 9.38 Å². The number of carbonyl (C=O) groups is 1. The molecule has 1 amide bonds. The number of rotatable bonds is 2. The number of thioether (sulfide) groups is 1. The predicted molar refractivity (Wildman–Crippen MR) is 95.9 cm³/mol. The second-order valence-corrected chi connectivity index (χ2v) is 7.45. The lowest BCUT2D eigenvalue weighted by Gasteiger charge is -2.29. The predicted octanol–water partition coefficient (Wildman–Crippen LogP) is 4.18. The number of pyridine rings is 1. The van der Waals surface area contributed by atoms with Gasteiger partial charge in [0.1, 0.15) is 11.5 Å². The Labute approximate surface area is 150 Å². The number of benzene rings is 1. The lowest BCUT2D eigenvalue weighted by atomic mass is 10.2. The van der Waals surface area contributed by atoms with Crippen molar-refractivity contribution in [2.45, 2.75) is 18.4 Å². The van der Waals surface area contributed by atoms with Crippen molar-refractivity contribution in [2.24, 2.45) is 0 Å². The Kier molecular flexibility index (Phi) is 3.85. The Morgan fingerprint density at radius 1 is 1.38 bits per heavy atom. The number of carbonyl (C=O) groups excluding carboxylic acids is 1. The van der Waals surface area contributed by atoms with Gasteiger partial charge in [-0.1, -0.05) is 12.1 Å². The highest BCUT2D eigenvalue weighted by atomic mass is 79.9. The molecule has 2 aromatic heterocycles. The van der Waals surface area contributed by atoms with E-state index in [1.54, 1.807) is 22.9 Å². The topological polar surface area (TPSA) is 37.6 Å². The van der Waals surface area contributed by atoms with Crippen LogP contribution in [0, 0.1) is 12.7 Å². The van der Waals surface area contributed by atoms with Crippen LogP contribution in [0.25, 0.3) is 5.65 Å². The van der Waals surface area contributed by atoms with Crippen molar-refractivity contribution in [2.75, 3.05) is 10.7 Å². The molecule has 3 heterocycles. The van der Waals surface area contributed by atoms with Gasteiger partial charge in [0.15, 0.2) is 0 Å². The lowest BCUT2D eigenvalue weighted by molar-refractivity contribution is -0.116. The first kappa shape index (κ1) is 15.7. The van der Waals surface area contributed by atoms with Gasteiger partial charge in [0.25, 0.3) is 0 Å². The van der Waals surface area contributed by atoms with Crippen molar-refractivity contribution in [3.05, 3.63) is 58.2 Å². The molecule has 0 atom stereocenters. The zero-order valence-corrected chi connectivity index (χ0v) is 15.2. The second kappa shape index (κ2) is 5.89. The van der Waals surface area contributed by atoms with E-state index in [0.29, 0.717) is 22.4 Å². The third kappa shape index (κ3) is 2.52. The SMILES string of the molecule is Cc1nc2cc(F)c(Br)cn2c1CN1C(=O)CSc2ccccc21. The summed E-state index contributed by atoms with van der Waals surface area (Å²) in [5.74, 6) is 0.134. The van der Waals surface area contributed by atoms with Gasteiger partial charge in [-0.25, -0.2) is 9.37 Å². The summed E-state index contributed by atoms with van der Waals surface area (Å²) in [4.78, 5) is 19.7. The van der Waals surface area contributed by atoms with Crippen molar-refractivity contribution >= 4 is 44.9 Å². The Bertz CT molecular complexity index is 972. The number of hydrogen-bond acceptors (Lipinski definition) is 3. The monoisotopic (exact) mass is 405 g/mol. The van der Waals surface area contributed by atoms with Gasteiger partial charge in [-0.2, -0.15) is 0 Å². The third-order valence-corrected chi connectivity index (χ3v) is 5.71. The molecule has 4 nitrogen and oxygen atoms in total. The van der Waals surface area contributed by atoms with Crippen LogP contribution in [0.15, 0.2) is 45.9 Å². The van der Waals surface area contributed by atoms with E-state index < -0.39 is 0 Å². The van der Waals surface area contributed by atoms with E-state index in [4.69, 9.17) is 0 Å². The van der Waals surface area contributed by atoms with Crippen LogP contribution in [0.1, 0.15) is 11.4 Å². The number of anilines is 1. The maximum Gasteiger partial charge on any atom is 0.237 e. The van der Waals surface area contributed by atoms with Gasteiger partial charge in [0.2, 0.25) is 5.91 Å². The molecule has 0 bridgehead atoms. The van der Waals surface area contributed by atoms with Crippen LogP contribution >= 0.6 is 27.7 Å². The maximum absolute atomic E-state index is 13.7. The molecule has 0 N–H and O–H groups in total. The van der Waals surface area contributed by atoms with Crippen molar-refractivity contribution in [3.8, 4) is 0 Å². The Morgan fingerprint density at radius 2 is 2.17 bits per heavy atom. The van der Waals surface area contributed by atoms with Crippen LogP contribution in [0.2, 0.25) is 0 Å². The van der Waals surface area contributed by atoms with Crippen molar-refractivity contribution in [3.63, 3.8) is 0 Å².